The fourth-order valence-electron chi connectivity index (χ4n) is 2.21. The standard InChI is InChI=1S/C18H15ClN2O3S/c1-23-16-6-5-13(19)8-12(16)10-24-17(22)9-14-11-25-18(21-14)15-4-2-3-7-20-15/h2-8,11H,9-10H2,1H3. The Hall–Kier alpha value is -2.44. The summed E-state index contributed by atoms with van der Waals surface area (Å²) in [7, 11) is 1.56. The molecular formula is C18H15ClN2O3S. The van der Waals surface area contributed by atoms with Crippen LogP contribution in [-0.4, -0.2) is 23.0 Å². The van der Waals surface area contributed by atoms with Crippen molar-refractivity contribution in [2.24, 2.45) is 0 Å². The van der Waals surface area contributed by atoms with Gasteiger partial charge in [-0.2, -0.15) is 0 Å². The number of thiazole rings is 1. The number of ether oxygens (including phenoxy) is 2. The van der Waals surface area contributed by atoms with Crippen LogP contribution in [0.1, 0.15) is 11.3 Å². The van der Waals surface area contributed by atoms with E-state index in [9.17, 15) is 4.79 Å². The van der Waals surface area contributed by atoms with Crippen LogP contribution in [0.2, 0.25) is 5.02 Å². The highest BCUT2D eigenvalue weighted by Crippen LogP contribution is 2.24. The summed E-state index contributed by atoms with van der Waals surface area (Å²) in [5.41, 5.74) is 2.17. The molecule has 0 radical (unpaired) electrons. The lowest BCUT2D eigenvalue weighted by molar-refractivity contribution is -0.144. The van der Waals surface area contributed by atoms with E-state index in [0.717, 1.165) is 16.3 Å². The van der Waals surface area contributed by atoms with Gasteiger partial charge in [-0.1, -0.05) is 17.7 Å². The van der Waals surface area contributed by atoms with Gasteiger partial charge < -0.3 is 9.47 Å². The Kier molecular flexibility index (Phi) is 5.63. The quantitative estimate of drug-likeness (QED) is 0.606. The second kappa shape index (κ2) is 8.09. The second-order valence-corrected chi connectivity index (χ2v) is 6.45. The summed E-state index contributed by atoms with van der Waals surface area (Å²) >= 11 is 7.42. The molecule has 3 aromatic rings. The minimum atomic E-state index is -0.361. The van der Waals surface area contributed by atoms with Crippen LogP contribution >= 0.6 is 22.9 Å². The molecule has 0 unspecified atom stereocenters. The van der Waals surface area contributed by atoms with E-state index in [2.05, 4.69) is 9.97 Å². The molecule has 7 heteroatoms. The minimum Gasteiger partial charge on any atom is -0.496 e. The molecule has 5 nitrogen and oxygen atoms in total. The van der Waals surface area contributed by atoms with E-state index in [1.807, 2.05) is 23.6 Å². The zero-order chi connectivity index (χ0) is 17.6. The Morgan fingerprint density at radius 1 is 1.28 bits per heavy atom. The molecule has 0 aliphatic rings. The molecule has 128 valence electrons. The first-order valence-electron chi connectivity index (χ1n) is 7.49. The van der Waals surface area contributed by atoms with Crippen LogP contribution in [0, 0.1) is 0 Å². The Morgan fingerprint density at radius 2 is 2.16 bits per heavy atom. The third-order valence-electron chi connectivity index (χ3n) is 3.39. The molecule has 0 N–H and O–H groups in total. The average molecular weight is 375 g/mol. The van der Waals surface area contributed by atoms with Crippen LogP contribution < -0.4 is 4.74 Å². The minimum absolute atomic E-state index is 0.0970. The van der Waals surface area contributed by atoms with Crippen molar-refractivity contribution in [3.63, 3.8) is 0 Å². The van der Waals surface area contributed by atoms with Crippen LogP contribution in [0.25, 0.3) is 10.7 Å². The maximum absolute atomic E-state index is 12.1. The lowest BCUT2D eigenvalue weighted by Gasteiger charge is -2.09. The predicted molar refractivity (Wildman–Crippen MR) is 96.8 cm³/mol. The van der Waals surface area contributed by atoms with Crippen LogP contribution in [-0.2, 0) is 22.6 Å². The number of carbonyl (C=O) groups is 1. The number of benzene rings is 1. The molecule has 0 aliphatic heterocycles. The Balaban J connectivity index is 1.60. The number of hydrogen-bond donors (Lipinski definition) is 0. The summed E-state index contributed by atoms with van der Waals surface area (Å²) in [5.74, 6) is 0.267. The van der Waals surface area contributed by atoms with Gasteiger partial charge in [0.05, 0.1) is 24.9 Å². The van der Waals surface area contributed by atoms with Crippen LogP contribution in [0.3, 0.4) is 0 Å². The van der Waals surface area contributed by atoms with Gasteiger partial charge in [0.15, 0.2) is 0 Å². The molecule has 1 aromatic carbocycles. The summed E-state index contributed by atoms with van der Waals surface area (Å²) in [6.45, 7) is 0.0970. The molecule has 3 rings (SSSR count). The SMILES string of the molecule is COc1ccc(Cl)cc1COC(=O)Cc1csc(-c2ccccn2)n1. The van der Waals surface area contributed by atoms with E-state index in [1.165, 1.54) is 11.3 Å². The van der Waals surface area contributed by atoms with E-state index < -0.39 is 0 Å². The smallest absolute Gasteiger partial charge is 0.312 e. The number of hydrogen-bond acceptors (Lipinski definition) is 6. The Bertz CT molecular complexity index is 868. The van der Waals surface area contributed by atoms with Crippen LogP contribution in [0.15, 0.2) is 48.0 Å². The van der Waals surface area contributed by atoms with Crippen molar-refractivity contribution in [1.82, 2.24) is 9.97 Å². The zero-order valence-electron chi connectivity index (χ0n) is 13.4. The molecule has 0 bridgehead atoms. The van der Waals surface area contributed by atoms with E-state index in [4.69, 9.17) is 21.1 Å². The number of pyridine rings is 1. The molecule has 0 spiro atoms. The average Bonchev–Trinajstić information content (AvgIpc) is 3.09. The molecule has 0 fully saturated rings. The normalized spacial score (nSPS) is 10.5. The highest BCUT2D eigenvalue weighted by Gasteiger charge is 2.12. The Labute approximate surface area is 154 Å². The van der Waals surface area contributed by atoms with Gasteiger partial charge in [-0.05, 0) is 30.3 Å². The number of esters is 1. The summed E-state index contributed by atoms with van der Waals surface area (Å²) in [5, 5.41) is 3.18. The topological polar surface area (TPSA) is 61.3 Å². The molecule has 25 heavy (non-hydrogen) atoms. The first-order chi connectivity index (χ1) is 12.2. The number of carbonyl (C=O) groups excluding carboxylic acids is 1. The first kappa shape index (κ1) is 17.4. The number of rotatable bonds is 6. The molecule has 0 saturated heterocycles. The molecule has 2 aromatic heterocycles. The summed E-state index contributed by atoms with van der Waals surface area (Å²) in [4.78, 5) is 20.8. The monoisotopic (exact) mass is 374 g/mol. The van der Waals surface area contributed by atoms with Gasteiger partial charge in [-0.15, -0.1) is 11.3 Å². The largest absolute Gasteiger partial charge is 0.496 e. The summed E-state index contributed by atoms with van der Waals surface area (Å²) < 4.78 is 10.6. The van der Waals surface area contributed by atoms with Gasteiger partial charge in [0, 0.05) is 22.2 Å². The van der Waals surface area contributed by atoms with Crippen molar-refractivity contribution in [3.8, 4) is 16.5 Å². The van der Waals surface area contributed by atoms with Gasteiger partial charge in [-0.25, -0.2) is 4.98 Å². The maximum Gasteiger partial charge on any atom is 0.312 e. The number of nitrogens with zero attached hydrogens (tertiary/aromatic N) is 2. The molecule has 2 heterocycles. The van der Waals surface area contributed by atoms with Gasteiger partial charge in [0.2, 0.25) is 0 Å². The highest BCUT2D eigenvalue weighted by atomic mass is 35.5. The van der Waals surface area contributed by atoms with Gasteiger partial charge >= 0.3 is 5.97 Å². The number of methoxy groups -OCH3 is 1. The van der Waals surface area contributed by atoms with E-state index in [1.54, 1.807) is 31.5 Å². The Morgan fingerprint density at radius 3 is 2.92 bits per heavy atom. The molecule has 0 atom stereocenters. The highest BCUT2D eigenvalue weighted by molar-refractivity contribution is 7.13. The van der Waals surface area contributed by atoms with Gasteiger partial charge in [0.25, 0.3) is 0 Å². The number of aromatic nitrogens is 2. The third-order valence-corrected chi connectivity index (χ3v) is 4.54. The molecule has 0 saturated carbocycles. The van der Waals surface area contributed by atoms with Crippen LogP contribution in [0.4, 0.5) is 0 Å². The fraction of sp³-hybridized carbons (Fsp3) is 0.167. The fourth-order valence-corrected chi connectivity index (χ4v) is 3.20. The third kappa shape index (κ3) is 4.55. The molecular weight excluding hydrogens is 360 g/mol. The molecule has 0 amide bonds. The second-order valence-electron chi connectivity index (χ2n) is 5.15. The van der Waals surface area contributed by atoms with Crippen molar-refractivity contribution in [2.45, 2.75) is 13.0 Å². The molecule has 0 aliphatic carbocycles. The lowest BCUT2D eigenvalue weighted by atomic mass is 10.2. The van der Waals surface area contributed by atoms with Crippen molar-refractivity contribution >= 4 is 28.9 Å². The van der Waals surface area contributed by atoms with Gasteiger partial charge in [0.1, 0.15) is 17.4 Å². The van der Waals surface area contributed by atoms with Crippen molar-refractivity contribution in [3.05, 3.63) is 64.3 Å². The van der Waals surface area contributed by atoms with Crippen molar-refractivity contribution in [2.75, 3.05) is 7.11 Å². The van der Waals surface area contributed by atoms with E-state index in [0.29, 0.717) is 16.5 Å². The van der Waals surface area contributed by atoms with E-state index >= 15 is 0 Å². The van der Waals surface area contributed by atoms with Crippen molar-refractivity contribution < 1.29 is 14.3 Å². The van der Waals surface area contributed by atoms with Gasteiger partial charge in [-0.3, -0.25) is 9.78 Å². The summed E-state index contributed by atoms with van der Waals surface area (Å²) in [6, 6.07) is 10.8. The lowest BCUT2D eigenvalue weighted by Crippen LogP contribution is -2.09. The number of halogens is 1. The van der Waals surface area contributed by atoms with Crippen LogP contribution in [0.5, 0.6) is 5.75 Å². The van der Waals surface area contributed by atoms with Crippen molar-refractivity contribution in [1.29, 1.82) is 0 Å². The predicted octanol–water partition coefficient (Wildman–Crippen LogP) is 4.15. The first-order valence-corrected chi connectivity index (χ1v) is 8.75. The zero-order valence-corrected chi connectivity index (χ0v) is 15.0. The maximum atomic E-state index is 12.1. The van der Waals surface area contributed by atoms with E-state index in [-0.39, 0.29) is 19.0 Å². The summed E-state index contributed by atoms with van der Waals surface area (Å²) in [6.07, 6.45) is 1.81.